The lowest BCUT2D eigenvalue weighted by Gasteiger charge is -2.30. The molecule has 1 aliphatic heterocycles. The number of para-hydroxylation sites is 2. The third kappa shape index (κ3) is 3.60. The fourth-order valence-electron chi connectivity index (χ4n) is 4.18. The van der Waals surface area contributed by atoms with Crippen molar-refractivity contribution in [2.24, 2.45) is 0 Å². The van der Waals surface area contributed by atoms with E-state index in [-0.39, 0.29) is 5.91 Å². The normalized spacial score (nSPS) is 15.0. The van der Waals surface area contributed by atoms with Gasteiger partial charge in [-0.15, -0.1) is 0 Å². The summed E-state index contributed by atoms with van der Waals surface area (Å²) in [5, 5.41) is 14.6. The van der Waals surface area contributed by atoms with Gasteiger partial charge in [0.25, 0.3) is 5.91 Å². The van der Waals surface area contributed by atoms with Crippen LogP contribution in [0.5, 0.6) is 11.5 Å². The van der Waals surface area contributed by atoms with Crippen LogP contribution in [0, 0.1) is 0 Å². The van der Waals surface area contributed by atoms with Crippen molar-refractivity contribution < 1.29 is 14.3 Å². The zero-order valence-corrected chi connectivity index (χ0v) is 19.4. The summed E-state index contributed by atoms with van der Waals surface area (Å²) >= 11 is 6.23. The van der Waals surface area contributed by atoms with Crippen LogP contribution in [0.4, 0.5) is 11.6 Å². The molecular formula is C24H21ClN6O3. The minimum atomic E-state index is -0.487. The fraction of sp³-hybridized carbons (Fsp3) is 0.167. The Kier molecular flexibility index (Phi) is 5.54. The third-order valence-electron chi connectivity index (χ3n) is 5.72. The second kappa shape index (κ2) is 8.68. The van der Waals surface area contributed by atoms with Gasteiger partial charge in [-0.2, -0.15) is 10.2 Å². The molecule has 0 radical (unpaired) electrons. The first-order valence-electron chi connectivity index (χ1n) is 10.5. The van der Waals surface area contributed by atoms with E-state index in [0.29, 0.717) is 39.4 Å². The highest BCUT2D eigenvalue weighted by molar-refractivity contribution is 6.32. The number of nitrogens with one attached hydrogen (secondary N) is 2. The van der Waals surface area contributed by atoms with Crippen molar-refractivity contribution in [3.63, 3.8) is 0 Å². The molecule has 0 saturated carbocycles. The molecular weight excluding hydrogens is 456 g/mol. The lowest BCUT2D eigenvalue weighted by molar-refractivity contribution is -0.113. The molecule has 1 atom stereocenters. The van der Waals surface area contributed by atoms with E-state index in [9.17, 15) is 4.79 Å². The number of benzene rings is 2. The highest BCUT2D eigenvalue weighted by Crippen LogP contribution is 2.41. The molecule has 1 amide bonds. The van der Waals surface area contributed by atoms with Gasteiger partial charge in [-0.1, -0.05) is 23.7 Å². The molecule has 172 valence electrons. The highest BCUT2D eigenvalue weighted by atomic mass is 35.5. The molecule has 1 aliphatic rings. The predicted molar refractivity (Wildman–Crippen MR) is 129 cm³/mol. The summed E-state index contributed by atoms with van der Waals surface area (Å²) in [7, 11) is 3.02. The number of ether oxygens (including phenoxy) is 2. The number of imidazole rings is 1. The Bertz CT molecular complexity index is 1430. The summed E-state index contributed by atoms with van der Waals surface area (Å²) in [4.78, 5) is 18.5. The molecule has 10 heteroatoms. The molecule has 4 aromatic rings. The molecule has 2 aromatic carbocycles. The molecule has 9 nitrogen and oxygen atoms in total. The van der Waals surface area contributed by atoms with Crippen LogP contribution in [-0.2, 0) is 4.79 Å². The Morgan fingerprint density at radius 3 is 2.65 bits per heavy atom. The lowest BCUT2D eigenvalue weighted by Crippen LogP contribution is -2.31. The number of hydrogen-bond donors (Lipinski definition) is 2. The Labute approximate surface area is 200 Å². The second-order valence-corrected chi connectivity index (χ2v) is 8.08. The van der Waals surface area contributed by atoms with Crippen LogP contribution in [0.1, 0.15) is 18.5 Å². The van der Waals surface area contributed by atoms with E-state index in [1.54, 1.807) is 24.5 Å². The van der Waals surface area contributed by atoms with Crippen molar-refractivity contribution in [1.29, 1.82) is 0 Å². The Balaban J connectivity index is 1.63. The number of carbonyl (C=O) groups excluding carboxylic acids is 1. The van der Waals surface area contributed by atoms with Crippen LogP contribution in [0.15, 0.2) is 66.1 Å². The van der Waals surface area contributed by atoms with E-state index in [1.807, 2.05) is 41.8 Å². The van der Waals surface area contributed by atoms with E-state index in [0.717, 1.165) is 16.6 Å². The van der Waals surface area contributed by atoms with E-state index >= 15 is 0 Å². The fourth-order valence-corrected chi connectivity index (χ4v) is 4.41. The van der Waals surface area contributed by atoms with Crippen molar-refractivity contribution in [2.45, 2.75) is 13.0 Å². The Morgan fingerprint density at radius 2 is 1.91 bits per heavy atom. The van der Waals surface area contributed by atoms with Gasteiger partial charge in [-0.3, -0.25) is 9.36 Å². The number of rotatable bonds is 5. The van der Waals surface area contributed by atoms with Gasteiger partial charge in [0.15, 0.2) is 0 Å². The number of methoxy groups -OCH3 is 2. The number of hydrogen-bond acceptors (Lipinski definition) is 7. The van der Waals surface area contributed by atoms with Gasteiger partial charge in [-0.05, 0) is 25.1 Å². The predicted octanol–water partition coefficient (Wildman–Crippen LogP) is 4.42. The third-order valence-corrected chi connectivity index (χ3v) is 6.02. The maximum atomic E-state index is 13.8. The smallest absolute Gasteiger partial charge is 0.255 e. The molecule has 2 N–H and O–H groups in total. The molecule has 34 heavy (non-hydrogen) atoms. The van der Waals surface area contributed by atoms with Crippen molar-refractivity contribution >= 4 is 40.2 Å². The molecule has 5 rings (SSSR count). The van der Waals surface area contributed by atoms with Crippen LogP contribution in [-0.4, -0.2) is 39.9 Å². The number of nitrogens with zero attached hydrogens (tertiary/aromatic N) is 4. The first kappa shape index (κ1) is 21.7. The molecule has 0 bridgehead atoms. The van der Waals surface area contributed by atoms with Crippen molar-refractivity contribution in [3.8, 4) is 11.5 Å². The number of fused-ring (bicyclic) bond motifs is 3. The summed E-state index contributed by atoms with van der Waals surface area (Å²) in [6.45, 7) is 1.85. The van der Waals surface area contributed by atoms with Crippen LogP contribution in [0.2, 0.25) is 5.02 Å². The standard InChI is InChI=1S/C24H21ClN6O3/c1-13-21(23(32)29-17-11-19(33-2)15(25)10-20(17)34-3)22(14-8-9-26-27-12-14)31-18-7-5-4-6-16(18)30-24(31)28-13/h4-12,22H,1-3H3,(H,28,30)(H,29,32). The van der Waals surface area contributed by atoms with Crippen LogP contribution in [0.25, 0.3) is 11.0 Å². The van der Waals surface area contributed by atoms with Crippen molar-refractivity contribution in [1.82, 2.24) is 19.7 Å². The second-order valence-electron chi connectivity index (χ2n) is 7.68. The van der Waals surface area contributed by atoms with Gasteiger partial charge in [0, 0.05) is 29.6 Å². The molecule has 2 aromatic heterocycles. The zero-order valence-electron chi connectivity index (χ0n) is 18.7. The summed E-state index contributed by atoms with van der Waals surface area (Å²) < 4.78 is 12.7. The van der Waals surface area contributed by atoms with E-state index in [1.165, 1.54) is 14.2 Å². The molecule has 3 heterocycles. The van der Waals surface area contributed by atoms with Gasteiger partial charge in [0.2, 0.25) is 5.95 Å². The first-order chi connectivity index (χ1) is 16.5. The largest absolute Gasteiger partial charge is 0.495 e. The number of carbonyl (C=O) groups is 1. The number of halogens is 1. The molecule has 0 fully saturated rings. The van der Waals surface area contributed by atoms with Crippen molar-refractivity contribution in [2.75, 3.05) is 24.9 Å². The minimum absolute atomic E-state index is 0.321. The summed E-state index contributed by atoms with van der Waals surface area (Å²) in [5.41, 5.74) is 4.10. The topological polar surface area (TPSA) is 103 Å². The Morgan fingerprint density at radius 1 is 1.12 bits per heavy atom. The SMILES string of the molecule is COc1cc(NC(=O)C2=C(C)Nc3nc4ccccc4n3C2c2ccnnc2)c(OC)cc1Cl. The molecule has 0 spiro atoms. The van der Waals surface area contributed by atoms with Gasteiger partial charge >= 0.3 is 0 Å². The zero-order chi connectivity index (χ0) is 23.8. The molecule has 1 unspecified atom stereocenters. The summed E-state index contributed by atoms with van der Waals surface area (Å²) in [6.07, 6.45) is 3.26. The van der Waals surface area contributed by atoms with Crippen LogP contribution < -0.4 is 20.1 Å². The van der Waals surface area contributed by atoms with Crippen LogP contribution in [0.3, 0.4) is 0 Å². The van der Waals surface area contributed by atoms with Crippen molar-refractivity contribution in [3.05, 3.63) is 76.7 Å². The monoisotopic (exact) mass is 476 g/mol. The van der Waals surface area contributed by atoms with E-state index in [4.69, 9.17) is 26.1 Å². The Hall–Kier alpha value is -4.11. The van der Waals surface area contributed by atoms with Gasteiger partial charge in [0.05, 0.1) is 53.8 Å². The number of amides is 1. The maximum absolute atomic E-state index is 13.8. The van der Waals surface area contributed by atoms with Crippen LogP contribution >= 0.6 is 11.6 Å². The number of aromatic nitrogens is 4. The minimum Gasteiger partial charge on any atom is -0.495 e. The molecule has 0 aliphatic carbocycles. The molecule has 0 saturated heterocycles. The quantitative estimate of drug-likeness (QED) is 0.439. The number of anilines is 2. The summed E-state index contributed by atoms with van der Waals surface area (Å²) in [6, 6.07) is 12.4. The summed E-state index contributed by atoms with van der Waals surface area (Å²) in [5.74, 6) is 1.15. The van der Waals surface area contributed by atoms with E-state index < -0.39 is 6.04 Å². The van der Waals surface area contributed by atoms with E-state index in [2.05, 4.69) is 20.8 Å². The lowest BCUT2D eigenvalue weighted by atomic mass is 9.95. The first-order valence-corrected chi connectivity index (χ1v) is 10.8. The highest BCUT2D eigenvalue weighted by Gasteiger charge is 2.34. The van der Waals surface area contributed by atoms with Gasteiger partial charge in [0.1, 0.15) is 11.5 Å². The van der Waals surface area contributed by atoms with Gasteiger partial charge in [-0.25, -0.2) is 4.98 Å². The average molecular weight is 477 g/mol. The average Bonchev–Trinajstić information content (AvgIpc) is 3.22. The number of allylic oxidation sites excluding steroid dienone is 1. The maximum Gasteiger partial charge on any atom is 0.255 e. The van der Waals surface area contributed by atoms with Gasteiger partial charge < -0.3 is 20.1 Å².